The first-order valence-corrected chi connectivity index (χ1v) is 3.99. The topological polar surface area (TPSA) is 26.0 Å². The van der Waals surface area contributed by atoms with E-state index in [0.717, 1.165) is 17.6 Å². The van der Waals surface area contributed by atoms with Crippen LogP contribution < -0.4 is 5.73 Å². The maximum absolute atomic E-state index is 12.8. The van der Waals surface area contributed by atoms with Gasteiger partial charge in [-0.3, -0.25) is 0 Å². The molecular weight excluding hydrogens is 153 g/mol. The summed E-state index contributed by atoms with van der Waals surface area (Å²) in [6.45, 7) is 0.496. The van der Waals surface area contributed by atoms with Crippen molar-refractivity contribution in [1.29, 1.82) is 0 Å². The highest BCUT2D eigenvalue weighted by Crippen LogP contribution is 2.26. The van der Waals surface area contributed by atoms with Crippen LogP contribution in [0.15, 0.2) is 24.3 Å². The molecule has 0 heterocycles. The van der Waals surface area contributed by atoms with E-state index < -0.39 is 0 Å². The Morgan fingerprint density at radius 3 is 3.00 bits per heavy atom. The Bertz CT molecular complexity index is 342. The lowest BCUT2D eigenvalue weighted by atomic mass is 10.1. The van der Waals surface area contributed by atoms with Crippen molar-refractivity contribution in [3.8, 4) is 0 Å². The van der Waals surface area contributed by atoms with Crippen LogP contribution in [0.1, 0.15) is 11.1 Å². The van der Waals surface area contributed by atoms with E-state index >= 15 is 0 Å². The van der Waals surface area contributed by atoms with Crippen LogP contribution in [-0.2, 0) is 6.42 Å². The fourth-order valence-electron chi connectivity index (χ4n) is 1.56. The van der Waals surface area contributed by atoms with Gasteiger partial charge in [0, 0.05) is 6.54 Å². The average molecular weight is 163 g/mol. The summed E-state index contributed by atoms with van der Waals surface area (Å²) in [4.78, 5) is 0. The van der Waals surface area contributed by atoms with Crippen LogP contribution in [-0.4, -0.2) is 6.54 Å². The minimum atomic E-state index is -0.185. The number of halogens is 1. The van der Waals surface area contributed by atoms with Gasteiger partial charge in [0.1, 0.15) is 5.82 Å². The summed E-state index contributed by atoms with van der Waals surface area (Å²) in [7, 11) is 0. The first kappa shape index (κ1) is 7.50. The molecule has 0 aromatic heterocycles. The molecule has 1 aliphatic carbocycles. The number of fused-ring (bicyclic) bond motifs is 1. The van der Waals surface area contributed by atoms with E-state index in [2.05, 4.69) is 6.08 Å². The minimum Gasteiger partial charge on any atom is -0.326 e. The van der Waals surface area contributed by atoms with Crippen LogP contribution in [0.25, 0.3) is 5.57 Å². The fourth-order valence-corrected chi connectivity index (χ4v) is 1.56. The van der Waals surface area contributed by atoms with Crippen molar-refractivity contribution in [2.24, 2.45) is 5.73 Å². The Morgan fingerprint density at radius 1 is 1.42 bits per heavy atom. The molecule has 0 aliphatic heterocycles. The summed E-state index contributed by atoms with van der Waals surface area (Å²) >= 11 is 0. The molecule has 0 saturated heterocycles. The summed E-state index contributed by atoms with van der Waals surface area (Å²) < 4.78 is 12.8. The first-order valence-electron chi connectivity index (χ1n) is 3.99. The van der Waals surface area contributed by atoms with E-state index in [9.17, 15) is 4.39 Å². The zero-order valence-electron chi connectivity index (χ0n) is 6.68. The maximum atomic E-state index is 12.8. The van der Waals surface area contributed by atoms with Gasteiger partial charge in [0.15, 0.2) is 0 Å². The van der Waals surface area contributed by atoms with Crippen molar-refractivity contribution in [2.45, 2.75) is 6.42 Å². The van der Waals surface area contributed by atoms with Crippen LogP contribution in [0.5, 0.6) is 0 Å². The zero-order chi connectivity index (χ0) is 8.55. The lowest BCUT2D eigenvalue weighted by molar-refractivity contribution is 0.627. The molecule has 2 N–H and O–H groups in total. The second-order valence-electron chi connectivity index (χ2n) is 2.94. The molecule has 0 radical (unpaired) electrons. The van der Waals surface area contributed by atoms with Crippen molar-refractivity contribution in [3.63, 3.8) is 0 Å². The number of allylic oxidation sites excluding steroid dienone is 1. The second kappa shape index (κ2) is 2.72. The van der Waals surface area contributed by atoms with Crippen LogP contribution in [0.4, 0.5) is 4.39 Å². The quantitative estimate of drug-likeness (QED) is 0.670. The third-order valence-corrected chi connectivity index (χ3v) is 2.21. The summed E-state index contributed by atoms with van der Waals surface area (Å²) in [5.41, 5.74) is 8.73. The van der Waals surface area contributed by atoms with Gasteiger partial charge < -0.3 is 5.73 Å². The van der Waals surface area contributed by atoms with Crippen molar-refractivity contribution >= 4 is 5.57 Å². The Kier molecular flexibility index (Phi) is 1.70. The predicted octanol–water partition coefficient (Wildman–Crippen LogP) is 1.72. The summed E-state index contributed by atoms with van der Waals surface area (Å²) in [5, 5.41) is 0. The minimum absolute atomic E-state index is 0.185. The molecule has 0 atom stereocenters. The van der Waals surface area contributed by atoms with Gasteiger partial charge in [-0.15, -0.1) is 0 Å². The molecule has 2 heteroatoms. The lowest BCUT2D eigenvalue weighted by Crippen LogP contribution is -2.00. The predicted molar refractivity (Wildman–Crippen MR) is 47.1 cm³/mol. The van der Waals surface area contributed by atoms with Crippen molar-refractivity contribution < 1.29 is 4.39 Å². The van der Waals surface area contributed by atoms with E-state index in [1.165, 1.54) is 11.6 Å². The smallest absolute Gasteiger partial charge is 0.123 e. The molecule has 2 rings (SSSR count). The highest BCUT2D eigenvalue weighted by Gasteiger charge is 2.12. The van der Waals surface area contributed by atoms with E-state index in [1.54, 1.807) is 6.07 Å². The van der Waals surface area contributed by atoms with Gasteiger partial charge >= 0.3 is 0 Å². The van der Waals surface area contributed by atoms with Gasteiger partial charge in [0.05, 0.1) is 0 Å². The Labute approximate surface area is 70.7 Å². The molecule has 1 nitrogen and oxygen atoms in total. The van der Waals surface area contributed by atoms with E-state index in [-0.39, 0.29) is 5.82 Å². The van der Waals surface area contributed by atoms with Gasteiger partial charge in [-0.1, -0.05) is 12.1 Å². The van der Waals surface area contributed by atoms with Gasteiger partial charge in [-0.05, 0) is 35.3 Å². The summed E-state index contributed by atoms with van der Waals surface area (Å²) in [6, 6.07) is 4.87. The standard InChI is InChI=1S/C10H10FN/c11-9-4-3-7-1-2-8(6-12)10(7)5-9/h2-5H,1,6,12H2. The fraction of sp³-hybridized carbons (Fsp3) is 0.200. The van der Waals surface area contributed by atoms with Crippen molar-refractivity contribution in [3.05, 3.63) is 41.2 Å². The third-order valence-electron chi connectivity index (χ3n) is 2.21. The number of nitrogens with two attached hydrogens (primary N) is 1. The summed E-state index contributed by atoms with van der Waals surface area (Å²) in [5.74, 6) is -0.185. The van der Waals surface area contributed by atoms with Crippen molar-refractivity contribution in [2.75, 3.05) is 6.54 Å². The maximum Gasteiger partial charge on any atom is 0.123 e. The molecule has 0 bridgehead atoms. The highest BCUT2D eigenvalue weighted by molar-refractivity contribution is 5.73. The Hall–Kier alpha value is -1.15. The van der Waals surface area contributed by atoms with Gasteiger partial charge in [0.2, 0.25) is 0 Å². The third kappa shape index (κ3) is 1.04. The molecule has 0 spiro atoms. The van der Waals surface area contributed by atoms with Gasteiger partial charge in [-0.25, -0.2) is 4.39 Å². The molecule has 1 aliphatic rings. The normalized spacial score (nSPS) is 14.3. The SMILES string of the molecule is NCC1=CCc2ccc(F)cc21. The molecule has 12 heavy (non-hydrogen) atoms. The van der Waals surface area contributed by atoms with Crippen LogP contribution >= 0.6 is 0 Å². The second-order valence-corrected chi connectivity index (χ2v) is 2.94. The van der Waals surface area contributed by atoms with Crippen LogP contribution in [0, 0.1) is 5.82 Å². The molecule has 62 valence electrons. The largest absolute Gasteiger partial charge is 0.326 e. The zero-order valence-corrected chi connectivity index (χ0v) is 6.68. The van der Waals surface area contributed by atoms with Crippen LogP contribution in [0.3, 0.4) is 0 Å². The number of rotatable bonds is 1. The van der Waals surface area contributed by atoms with E-state index in [4.69, 9.17) is 5.73 Å². The summed E-state index contributed by atoms with van der Waals surface area (Å²) in [6.07, 6.45) is 2.95. The van der Waals surface area contributed by atoms with Crippen molar-refractivity contribution in [1.82, 2.24) is 0 Å². The molecule has 1 aromatic rings. The average Bonchev–Trinajstić information content (AvgIpc) is 2.46. The molecule has 0 fully saturated rings. The number of benzene rings is 1. The molecular formula is C10H10FN. The monoisotopic (exact) mass is 163 g/mol. The molecule has 1 aromatic carbocycles. The first-order chi connectivity index (χ1) is 5.81. The van der Waals surface area contributed by atoms with Gasteiger partial charge in [-0.2, -0.15) is 0 Å². The molecule has 0 saturated carbocycles. The number of hydrogen-bond donors (Lipinski definition) is 1. The van der Waals surface area contributed by atoms with E-state index in [0.29, 0.717) is 6.54 Å². The molecule has 0 amide bonds. The molecule has 0 unspecified atom stereocenters. The number of hydrogen-bond acceptors (Lipinski definition) is 1. The van der Waals surface area contributed by atoms with Crippen LogP contribution in [0.2, 0.25) is 0 Å². The highest BCUT2D eigenvalue weighted by atomic mass is 19.1. The Balaban J connectivity index is 2.50. The Morgan fingerprint density at radius 2 is 2.25 bits per heavy atom. The van der Waals surface area contributed by atoms with E-state index in [1.807, 2.05) is 6.07 Å². The van der Waals surface area contributed by atoms with Gasteiger partial charge in [0.25, 0.3) is 0 Å². The lowest BCUT2D eigenvalue weighted by Gasteiger charge is -2.02.